The maximum Gasteiger partial charge on any atom is 0.285 e. The van der Waals surface area contributed by atoms with Crippen LogP contribution < -0.4 is 5.43 Å². The first-order chi connectivity index (χ1) is 11.5. The van der Waals surface area contributed by atoms with Crippen LogP contribution in [0.3, 0.4) is 0 Å². The highest BCUT2D eigenvalue weighted by Gasteiger charge is 2.33. The van der Waals surface area contributed by atoms with E-state index in [-0.39, 0.29) is 4.32 Å². The first-order valence-electron chi connectivity index (χ1n) is 6.80. The van der Waals surface area contributed by atoms with E-state index in [0.29, 0.717) is 21.2 Å². The number of hydrogen-bond donors (Lipinski definition) is 1. The van der Waals surface area contributed by atoms with Crippen LogP contribution in [-0.4, -0.2) is 26.1 Å². The van der Waals surface area contributed by atoms with Crippen molar-refractivity contribution in [3.63, 3.8) is 0 Å². The van der Waals surface area contributed by atoms with Crippen molar-refractivity contribution in [1.29, 1.82) is 0 Å². The predicted octanol–water partition coefficient (Wildman–Crippen LogP) is 3.28. The van der Waals surface area contributed by atoms with Crippen molar-refractivity contribution in [2.45, 2.75) is 0 Å². The quantitative estimate of drug-likeness (QED) is 0.659. The van der Waals surface area contributed by atoms with E-state index >= 15 is 0 Å². The highest BCUT2D eigenvalue weighted by molar-refractivity contribution is 8.26. The average molecular weight is 376 g/mol. The first-order valence-corrected chi connectivity index (χ1v) is 8.40. The highest BCUT2D eigenvalue weighted by Crippen LogP contribution is 2.31. The van der Waals surface area contributed by atoms with Gasteiger partial charge in [0.1, 0.15) is 0 Å². The molecule has 1 aliphatic heterocycles. The topological polar surface area (TPSA) is 62.3 Å². The van der Waals surface area contributed by atoms with Gasteiger partial charge in [0.05, 0.1) is 10.6 Å². The van der Waals surface area contributed by atoms with Crippen molar-refractivity contribution in [3.8, 4) is 0 Å². The maximum absolute atomic E-state index is 12.4. The molecule has 24 heavy (non-hydrogen) atoms. The summed E-state index contributed by atoms with van der Waals surface area (Å²) < 4.78 is 0.254. The average Bonchev–Trinajstić information content (AvgIpc) is 2.84. The summed E-state index contributed by atoms with van der Waals surface area (Å²) >= 11 is 12.1. The molecule has 1 aromatic carbocycles. The molecule has 0 radical (unpaired) electrons. The molecule has 0 bridgehead atoms. The standard InChI is InChI=1S/C16H10ClN3O2S2/c17-11-6-4-10(5-7-11)14(21)19-20-15(22)13(24-16(20)23)9-12-3-1-2-8-18-12/h1-9H,(H,19,21). The van der Waals surface area contributed by atoms with Crippen molar-refractivity contribution >= 4 is 57.8 Å². The van der Waals surface area contributed by atoms with Crippen LogP contribution in [0.15, 0.2) is 53.6 Å². The Hall–Kier alpha value is -2.22. The SMILES string of the molecule is O=C(NN1C(=O)C(=Cc2ccccn2)SC1=S)c1ccc(Cl)cc1. The molecule has 2 amide bonds. The number of rotatable bonds is 3. The summed E-state index contributed by atoms with van der Waals surface area (Å²) in [6.07, 6.45) is 3.27. The third kappa shape index (κ3) is 3.64. The van der Waals surface area contributed by atoms with E-state index in [9.17, 15) is 9.59 Å². The van der Waals surface area contributed by atoms with Crippen molar-refractivity contribution in [2.24, 2.45) is 0 Å². The van der Waals surface area contributed by atoms with Crippen molar-refractivity contribution in [3.05, 3.63) is 69.8 Å². The predicted molar refractivity (Wildman–Crippen MR) is 98.2 cm³/mol. The van der Waals surface area contributed by atoms with Gasteiger partial charge in [0, 0.05) is 16.8 Å². The number of thiocarbonyl (C=S) groups is 1. The molecule has 0 unspecified atom stereocenters. The zero-order chi connectivity index (χ0) is 17.1. The zero-order valence-electron chi connectivity index (χ0n) is 12.1. The van der Waals surface area contributed by atoms with Gasteiger partial charge in [-0.1, -0.05) is 29.4 Å². The number of pyridine rings is 1. The number of hydrogen-bond acceptors (Lipinski definition) is 5. The van der Waals surface area contributed by atoms with Crippen LogP contribution in [0.25, 0.3) is 6.08 Å². The Bertz CT molecular complexity index is 838. The van der Waals surface area contributed by atoms with Gasteiger partial charge in [-0.3, -0.25) is 20.0 Å². The Morgan fingerprint density at radius 1 is 1.25 bits per heavy atom. The molecule has 2 aromatic rings. The lowest BCUT2D eigenvalue weighted by Gasteiger charge is -2.15. The minimum atomic E-state index is -0.443. The Balaban J connectivity index is 1.76. The van der Waals surface area contributed by atoms with Crippen LogP contribution in [0.4, 0.5) is 0 Å². The van der Waals surface area contributed by atoms with Gasteiger partial charge in [0.25, 0.3) is 11.8 Å². The van der Waals surface area contributed by atoms with Gasteiger partial charge >= 0.3 is 0 Å². The number of nitrogens with one attached hydrogen (secondary N) is 1. The molecular formula is C16H10ClN3O2S2. The third-order valence-electron chi connectivity index (χ3n) is 3.08. The number of hydrazine groups is 1. The molecule has 1 aliphatic rings. The normalized spacial score (nSPS) is 15.9. The van der Waals surface area contributed by atoms with Gasteiger partial charge in [-0.05, 0) is 54.7 Å². The van der Waals surface area contributed by atoms with Gasteiger partial charge in [0.15, 0.2) is 4.32 Å². The number of thioether (sulfide) groups is 1. The van der Waals surface area contributed by atoms with E-state index in [2.05, 4.69) is 10.4 Å². The second kappa shape index (κ2) is 7.12. The van der Waals surface area contributed by atoms with E-state index in [0.717, 1.165) is 16.8 Å². The number of nitrogens with zero attached hydrogens (tertiary/aromatic N) is 2. The molecule has 8 heteroatoms. The molecule has 0 aliphatic carbocycles. The van der Waals surface area contributed by atoms with Crippen molar-refractivity contribution < 1.29 is 9.59 Å². The fourth-order valence-electron chi connectivity index (χ4n) is 1.93. The molecule has 1 saturated heterocycles. The second-order valence-corrected chi connectivity index (χ2v) is 6.83. The van der Waals surface area contributed by atoms with Gasteiger partial charge in [0.2, 0.25) is 0 Å². The monoisotopic (exact) mass is 375 g/mol. The first kappa shape index (κ1) is 16.6. The summed E-state index contributed by atoms with van der Waals surface area (Å²) in [4.78, 5) is 29.2. The van der Waals surface area contributed by atoms with Gasteiger partial charge in [-0.2, -0.15) is 5.01 Å². The summed E-state index contributed by atoms with van der Waals surface area (Å²) in [5.41, 5.74) is 3.53. The van der Waals surface area contributed by atoms with Gasteiger partial charge in [-0.25, -0.2) is 0 Å². The summed E-state index contributed by atoms with van der Waals surface area (Å²) in [5, 5.41) is 1.58. The highest BCUT2D eigenvalue weighted by atomic mass is 35.5. The lowest BCUT2D eigenvalue weighted by Crippen LogP contribution is -2.44. The molecule has 3 rings (SSSR count). The van der Waals surface area contributed by atoms with Crippen LogP contribution in [0, 0.1) is 0 Å². The molecule has 5 nitrogen and oxygen atoms in total. The van der Waals surface area contributed by atoms with Crippen LogP contribution >= 0.6 is 35.6 Å². The minimum absolute atomic E-state index is 0.254. The summed E-state index contributed by atoms with van der Waals surface area (Å²) in [6.45, 7) is 0. The molecule has 1 N–H and O–H groups in total. The largest absolute Gasteiger partial charge is 0.285 e. The summed E-state index contributed by atoms with van der Waals surface area (Å²) in [6, 6.07) is 11.7. The van der Waals surface area contributed by atoms with Crippen LogP contribution in [0.2, 0.25) is 5.02 Å². The number of carbonyl (C=O) groups excluding carboxylic acids is 2. The van der Waals surface area contributed by atoms with Crippen LogP contribution in [0.5, 0.6) is 0 Å². The minimum Gasteiger partial charge on any atom is -0.267 e. The van der Waals surface area contributed by atoms with Gasteiger partial charge in [-0.15, -0.1) is 0 Å². The summed E-state index contributed by atoms with van der Waals surface area (Å²) in [7, 11) is 0. The Kier molecular flexibility index (Phi) is 4.94. The molecule has 0 spiro atoms. The van der Waals surface area contributed by atoms with E-state index in [1.807, 2.05) is 6.07 Å². The fraction of sp³-hybridized carbons (Fsp3) is 0. The Morgan fingerprint density at radius 2 is 2.00 bits per heavy atom. The Morgan fingerprint density at radius 3 is 2.67 bits per heavy atom. The smallest absolute Gasteiger partial charge is 0.267 e. The van der Waals surface area contributed by atoms with Gasteiger partial charge < -0.3 is 0 Å². The molecule has 2 heterocycles. The number of amides is 2. The van der Waals surface area contributed by atoms with E-state index in [1.165, 1.54) is 0 Å². The Labute approximate surface area is 152 Å². The molecule has 1 aromatic heterocycles. The maximum atomic E-state index is 12.4. The van der Waals surface area contributed by atoms with Crippen molar-refractivity contribution in [2.75, 3.05) is 0 Å². The second-order valence-electron chi connectivity index (χ2n) is 4.72. The molecule has 0 saturated carbocycles. The lowest BCUT2D eigenvalue weighted by atomic mass is 10.2. The molecular weight excluding hydrogens is 366 g/mol. The van der Waals surface area contributed by atoms with E-state index in [4.69, 9.17) is 23.8 Å². The lowest BCUT2D eigenvalue weighted by molar-refractivity contribution is -0.123. The number of aromatic nitrogens is 1. The molecule has 120 valence electrons. The van der Waals surface area contributed by atoms with Crippen LogP contribution in [-0.2, 0) is 4.79 Å². The van der Waals surface area contributed by atoms with Crippen LogP contribution in [0.1, 0.15) is 16.1 Å². The number of benzene rings is 1. The molecule has 1 fully saturated rings. The fourth-order valence-corrected chi connectivity index (χ4v) is 3.22. The number of carbonyl (C=O) groups is 2. The number of halogens is 1. The molecule has 0 atom stereocenters. The van der Waals surface area contributed by atoms with E-state index in [1.54, 1.807) is 48.7 Å². The van der Waals surface area contributed by atoms with E-state index < -0.39 is 11.8 Å². The summed E-state index contributed by atoms with van der Waals surface area (Å²) in [5.74, 6) is -0.833. The van der Waals surface area contributed by atoms with Crippen molar-refractivity contribution in [1.82, 2.24) is 15.4 Å². The zero-order valence-corrected chi connectivity index (χ0v) is 14.5. The third-order valence-corrected chi connectivity index (χ3v) is 4.63.